The summed E-state index contributed by atoms with van der Waals surface area (Å²) in [5, 5.41) is 5.97. The van der Waals surface area contributed by atoms with Crippen LogP contribution in [-0.2, 0) is 16.4 Å². The van der Waals surface area contributed by atoms with Crippen LogP contribution >= 0.6 is 22.7 Å². The van der Waals surface area contributed by atoms with Crippen LogP contribution in [0, 0.1) is 6.92 Å². The van der Waals surface area contributed by atoms with Crippen molar-refractivity contribution >= 4 is 38.6 Å². The smallest absolute Gasteiger partial charge is 0.251 e. The molecule has 1 aromatic carbocycles. The lowest BCUT2D eigenvalue weighted by Crippen LogP contribution is -2.26. The van der Waals surface area contributed by atoms with E-state index in [1.807, 2.05) is 12.3 Å². The first-order valence-corrected chi connectivity index (χ1v) is 11.7. The van der Waals surface area contributed by atoms with Gasteiger partial charge < -0.3 is 5.32 Å². The number of carbonyl (C=O) groups is 1. The molecule has 0 aliphatic heterocycles. The number of carbonyl (C=O) groups excluding carboxylic acids is 1. The summed E-state index contributed by atoms with van der Waals surface area (Å²) < 4.78 is 25.3. The minimum atomic E-state index is -3.49. The predicted octanol–water partition coefficient (Wildman–Crippen LogP) is 3.40. The molecule has 0 saturated carbocycles. The van der Waals surface area contributed by atoms with E-state index in [4.69, 9.17) is 0 Å². The molecular formula is C19H21N3O3S3. The zero-order chi connectivity index (χ0) is 20.3. The van der Waals surface area contributed by atoms with E-state index in [-0.39, 0.29) is 10.8 Å². The normalized spacial score (nSPS) is 11.7. The van der Waals surface area contributed by atoms with E-state index < -0.39 is 10.0 Å². The Morgan fingerprint density at radius 1 is 1.14 bits per heavy atom. The van der Waals surface area contributed by atoms with Gasteiger partial charge in [0.25, 0.3) is 5.91 Å². The zero-order valence-corrected chi connectivity index (χ0v) is 18.2. The summed E-state index contributed by atoms with van der Waals surface area (Å²) in [7, 11) is -0.545. The Kier molecular flexibility index (Phi) is 6.29. The van der Waals surface area contributed by atoms with Crippen LogP contribution in [0.15, 0.2) is 46.7 Å². The summed E-state index contributed by atoms with van der Waals surface area (Å²) in [5.41, 5.74) is 1.43. The van der Waals surface area contributed by atoms with Crippen LogP contribution in [0.4, 0.5) is 0 Å². The van der Waals surface area contributed by atoms with E-state index >= 15 is 0 Å². The summed E-state index contributed by atoms with van der Waals surface area (Å²) in [6.45, 7) is 2.49. The first kappa shape index (κ1) is 20.7. The maximum atomic E-state index is 12.3. The number of benzene rings is 1. The highest BCUT2D eigenvalue weighted by Crippen LogP contribution is 2.29. The Morgan fingerprint density at radius 3 is 2.46 bits per heavy atom. The minimum Gasteiger partial charge on any atom is -0.352 e. The minimum absolute atomic E-state index is 0.164. The standard InChI is InChI=1S/C19H21N3O3S3/c1-13-21-17(12-26-13)18-9-6-15(27-18)10-11-20-19(23)14-4-7-16(8-5-14)28(24,25)22(2)3/h4-9,12H,10-11H2,1-3H3,(H,20,23). The molecule has 2 aromatic heterocycles. The average Bonchev–Trinajstić information content (AvgIpc) is 3.30. The van der Waals surface area contributed by atoms with Gasteiger partial charge in [0.1, 0.15) is 0 Å². The molecule has 0 bridgehead atoms. The van der Waals surface area contributed by atoms with E-state index in [0.29, 0.717) is 12.1 Å². The Balaban J connectivity index is 1.55. The van der Waals surface area contributed by atoms with Gasteiger partial charge in [0.15, 0.2) is 0 Å². The highest BCUT2D eigenvalue weighted by molar-refractivity contribution is 7.89. The molecule has 0 fully saturated rings. The van der Waals surface area contributed by atoms with Gasteiger partial charge in [-0.3, -0.25) is 4.79 Å². The van der Waals surface area contributed by atoms with Gasteiger partial charge in [-0.05, 0) is 49.7 Å². The van der Waals surface area contributed by atoms with Crippen LogP contribution in [0.1, 0.15) is 20.2 Å². The molecule has 148 valence electrons. The second kappa shape index (κ2) is 8.52. The third-order valence-corrected chi connectivity index (χ3v) is 7.86. The molecule has 3 rings (SSSR count). The molecule has 0 aliphatic carbocycles. The first-order chi connectivity index (χ1) is 13.3. The van der Waals surface area contributed by atoms with Gasteiger partial charge in [-0.25, -0.2) is 17.7 Å². The predicted molar refractivity (Wildman–Crippen MR) is 114 cm³/mol. The lowest BCUT2D eigenvalue weighted by molar-refractivity contribution is 0.0954. The van der Waals surface area contributed by atoms with Crippen LogP contribution in [0.5, 0.6) is 0 Å². The monoisotopic (exact) mass is 435 g/mol. The van der Waals surface area contributed by atoms with Crippen LogP contribution in [0.25, 0.3) is 10.6 Å². The quantitative estimate of drug-likeness (QED) is 0.617. The van der Waals surface area contributed by atoms with Crippen LogP contribution < -0.4 is 5.32 Å². The largest absolute Gasteiger partial charge is 0.352 e. The Hall–Kier alpha value is -2.07. The molecule has 9 heteroatoms. The Morgan fingerprint density at radius 2 is 1.86 bits per heavy atom. The Bertz CT molecular complexity index is 1070. The van der Waals surface area contributed by atoms with Crippen molar-refractivity contribution in [1.29, 1.82) is 0 Å². The van der Waals surface area contributed by atoms with Gasteiger partial charge in [-0.15, -0.1) is 22.7 Å². The lowest BCUT2D eigenvalue weighted by atomic mass is 10.2. The SMILES string of the molecule is Cc1nc(-c2ccc(CCNC(=O)c3ccc(S(=O)(=O)N(C)C)cc3)s2)cs1. The van der Waals surface area contributed by atoms with Crippen LogP contribution in [0.3, 0.4) is 0 Å². The highest BCUT2D eigenvalue weighted by Gasteiger charge is 2.17. The summed E-state index contributed by atoms with van der Waals surface area (Å²) in [4.78, 5) is 19.2. The fourth-order valence-electron chi connectivity index (χ4n) is 2.52. The van der Waals surface area contributed by atoms with E-state index in [9.17, 15) is 13.2 Å². The summed E-state index contributed by atoms with van der Waals surface area (Å²) >= 11 is 3.31. The third kappa shape index (κ3) is 4.67. The highest BCUT2D eigenvalue weighted by atomic mass is 32.2. The number of hydrogen-bond acceptors (Lipinski definition) is 6. The molecular weight excluding hydrogens is 414 g/mol. The number of rotatable bonds is 7. The number of sulfonamides is 1. The molecule has 1 amide bonds. The number of hydrogen-bond donors (Lipinski definition) is 1. The molecule has 0 aliphatic rings. The van der Waals surface area contributed by atoms with Crippen LogP contribution in [0.2, 0.25) is 0 Å². The molecule has 3 aromatic rings. The van der Waals surface area contributed by atoms with E-state index in [2.05, 4.69) is 22.4 Å². The number of aromatic nitrogens is 1. The van der Waals surface area contributed by atoms with Gasteiger partial charge in [0.05, 0.1) is 20.5 Å². The van der Waals surface area contributed by atoms with E-state index in [1.165, 1.54) is 43.2 Å². The second-order valence-electron chi connectivity index (χ2n) is 6.34. The van der Waals surface area contributed by atoms with Crippen molar-refractivity contribution in [2.75, 3.05) is 20.6 Å². The number of thiazole rings is 1. The molecule has 0 unspecified atom stereocenters. The number of amides is 1. The molecule has 1 N–H and O–H groups in total. The molecule has 0 atom stereocenters. The summed E-state index contributed by atoms with van der Waals surface area (Å²) in [6.07, 6.45) is 0.729. The van der Waals surface area contributed by atoms with Gasteiger partial charge in [-0.2, -0.15) is 0 Å². The second-order valence-corrected chi connectivity index (χ2v) is 10.7. The number of nitrogens with one attached hydrogen (secondary N) is 1. The van der Waals surface area contributed by atoms with Gasteiger partial charge in [-0.1, -0.05) is 0 Å². The van der Waals surface area contributed by atoms with E-state index in [1.54, 1.807) is 22.7 Å². The van der Waals surface area contributed by atoms with Crippen molar-refractivity contribution in [3.8, 4) is 10.6 Å². The maximum Gasteiger partial charge on any atom is 0.251 e. The lowest BCUT2D eigenvalue weighted by Gasteiger charge is -2.11. The first-order valence-electron chi connectivity index (χ1n) is 8.59. The van der Waals surface area contributed by atoms with Crippen molar-refractivity contribution in [3.05, 3.63) is 57.2 Å². The fourth-order valence-corrected chi connectivity index (χ4v) is 5.07. The van der Waals surface area contributed by atoms with Crippen molar-refractivity contribution < 1.29 is 13.2 Å². The number of nitrogens with zero attached hydrogens (tertiary/aromatic N) is 2. The van der Waals surface area contributed by atoms with Crippen molar-refractivity contribution in [2.45, 2.75) is 18.2 Å². The van der Waals surface area contributed by atoms with Crippen molar-refractivity contribution in [1.82, 2.24) is 14.6 Å². The van der Waals surface area contributed by atoms with E-state index in [0.717, 1.165) is 26.3 Å². The molecule has 0 radical (unpaired) electrons. The molecule has 0 spiro atoms. The third-order valence-electron chi connectivity index (χ3n) is 4.09. The fraction of sp³-hybridized carbons (Fsp3) is 0.263. The topological polar surface area (TPSA) is 79.4 Å². The van der Waals surface area contributed by atoms with Crippen molar-refractivity contribution in [3.63, 3.8) is 0 Å². The van der Waals surface area contributed by atoms with Crippen molar-refractivity contribution in [2.24, 2.45) is 0 Å². The maximum absolute atomic E-state index is 12.3. The molecule has 0 saturated heterocycles. The molecule has 28 heavy (non-hydrogen) atoms. The molecule has 6 nitrogen and oxygen atoms in total. The van der Waals surface area contributed by atoms with Gasteiger partial charge in [0, 0.05) is 36.5 Å². The van der Waals surface area contributed by atoms with Gasteiger partial charge >= 0.3 is 0 Å². The number of thiophene rings is 1. The Labute approximate surface area is 172 Å². The number of aryl methyl sites for hydroxylation is 1. The molecule has 2 heterocycles. The summed E-state index contributed by atoms with van der Waals surface area (Å²) in [6, 6.07) is 10.1. The summed E-state index contributed by atoms with van der Waals surface area (Å²) in [5.74, 6) is -0.222. The average molecular weight is 436 g/mol. The zero-order valence-electron chi connectivity index (χ0n) is 15.8. The van der Waals surface area contributed by atoms with Crippen LogP contribution in [-0.4, -0.2) is 44.3 Å². The van der Waals surface area contributed by atoms with Gasteiger partial charge in [0.2, 0.25) is 10.0 Å².